The number of anilines is 2. The molecule has 7 nitrogen and oxygen atoms in total. The number of carbonyl (C=O) groups excluding carboxylic acids is 2. The average Bonchev–Trinajstić information content (AvgIpc) is 3.86. The summed E-state index contributed by atoms with van der Waals surface area (Å²) in [5.74, 6) is 1.49. The van der Waals surface area contributed by atoms with Gasteiger partial charge in [-0.1, -0.05) is 71.8 Å². The normalized spacial score (nSPS) is 44.8. The van der Waals surface area contributed by atoms with E-state index in [0.29, 0.717) is 17.9 Å². The molecule has 2 amide bonds. The van der Waals surface area contributed by atoms with Gasteiger partial charge in [0.2, 0.25) is 0 Å². The van der Waals surface area contributed by atoms with E-state index in [-0.39, 0.29) is 65.3 Å². The molecular formula is C42H42N4O3. The van der Waals surface area contributed by atoms with E-state index < -0.39 is 0 Å². The molecule has 10 aliphatic rings. The quantitative estimate of drug-likeness (QED) is 0.486. The van der Waals surface area contributed by atoms with Gasteiger partial charge in [-0.2, -0.15) is 0 Å². The molecule has 12 rings (SSSR count). The van der Waals surface area contributed by atoms with Gasteiger partial charge in [-0.05, 0) is 80.3 Å². The lowest BCUT2D eigenvalue weighted by Crippen LogP contribution is -2.66. The Morgan fingerprint density at radius 2 is 1.57 bits per heavy atom. The molecule has 2 aromatic carbocycles. The molecule has 248 valence electrons. The number of allylic oxidation sites excluding steroid dienone is 1. The van der Waals surface area contributed by atoms with Gasteiger partial charge in [0.1, 0.15) is 0 Å². The van der Waals surface area contributed by atoms with Crippen molar-refractivity contribution in [2.75, 3.05) is 36.0 Å². The minimum atomic E-state index is -0.222. The van der Waals surface area contributed by atoms with Crippen LogP contribution in [0.3, 0.4) is 0 Å². The third kappa shape index (κ3) is 2.96. The van der Waals surface area contributed by atoms with Crippen molar-refractivity contribution in [1.82, 2.24) is 9.80 Å². The smallest absolute Gasteiger partial charge is 0.255 e. The first kappa shape index (κ1) is 28.0. The second kappa shape index (κ2) is 9.11. The highest BCUT2D eigenvalue weighted by molar-refractivity contribution is 6.10. The van der Waals surface area contributed by atoms with E-state index in [9.17, 15) is 9.90 Å². The molecule has 6 fully saturated rings. The fraction of sp³-hybridized carbons (Fsp3) is 0.476. The first-order chi connectivity index (χ1) is 24.0. The largest absolute Gasteiger partial charge is 0.392 e. The summed E-state index contributed by atoms with van der Waals surface area (Å²) in [5, 5.41) is 10.2. The van der Waals surface area contributed by atoms with Gasteiger partial charge >= 0.3 is 0 Å². The summed E-state index contributed by atoms with van der Waals surface area (Å²) >= 11 is 0. The van der Waals surface area contributed by atoms with Crippen LogP contribution in [0.1, 0.15) is 43.7 Å². The molecule has 49 heavy (non-hydrogen) atoms. The van der Waals surface area contributed by atoms with E-state index in [2.05, 4.69) is 99.4 Å². The number of hydrogen-bond donors (Lipinski definition) is 1. The molecule has 2 aliphatic carbocycles. The highest BCUT2D eigenvalue weighted by atomic mass is 16.2. The molecular weight excluding hydrogens is 608 g/mol. The number of fused-ring (bicyclic) bond motifs is 8. The SMILES string of the molecule is C/C=C1/CN2[C@@H](C3=C[C@@H]4[C@@H]5N(C3=O)c3ccccc3[C@@]53CCN5C/C(=C\CO)[C@@H]4C[C@H]53)C[C@]34c5ccccc5N5C(=O)C=C[C@H]([C@H]53)[C@H]1C[C@H]24. The van der Waals surface area contributed by atoms with Crippen LogP contribution in [-0.2, 0) is 20.4 Å². The average molecular weight is 651 g/mol. The van der Waals surface area contributed by atoms with Crippen LogP contribution in [0.4, 0.5) is 11.4 Å². The van der Waals surface area contributed by atoms with Gasteiger partial charge in [0, 0.05) is 70.8 Å². The summed E-state index contributed by atoms with van der Waals surface area (Å²) in [4.78, 5) is 39.0. The Morgan fingerprint density at radius 3 is 2.37 bits per heavy atom. The second-order valence-electron chi connectivity index (χ2n) is 16.7. The number of rotatable bonds is 2. The molecule has 2 spiro atoms. The molecule has 11 atom stereocenters. The fourth-order valence-corrected chi connectivity index (χ4v) is 14.2. The summed E-state index contributed by atoms with van der Waals surface area (Å²) in [5.41, 5.74) is 8.39. The van der Waals surface area contributed by atoms with E-state index in [1.165, 1.54) is 22.3 Å². The van der Waals surface area contributed by atoms with E-state index in [1.807, 2.05) is 6.08 Å². The zero-order valence-electron chi connectivity index (χ0n) is 27.9. The summed E-state index contributed by atoms with van der Waals surface area (Å²) in [6.07, 6.45) is 15.0. The van der Waals surface area contributed by atoms with Crippen LogP contribution in [0.25, 0.3) is 0 Å². The number of benzene rings is 2. The van der Waals surface area contributed by atoms with Crippen LogP contribution in [0, 0.1) is 23.7 Å². The molecule has 4 saturated heterocycles. The number of hydrogen-bond acceptors (Lipinski definition) is 5. The number of piperidine rings is 2. The van der Waals surface area contributed by atoms with Crippen LogP contribution in [-0.4, -0.2) is 83.2 Å². The first-order valence-electron chi connectivity index (χ1n) is 18.7. The van der Waals surface area contributed by atoms with Crippen molar-refractivity contribution in [2.45, 2.75) is 73.6 Å². The van der Waals surface area contributed by atoms with Gasteiger partial charge in [0.05, 0.1) is 18.7 Å². The lowest BCUT2D eigenvalue weighted by Gasteiger charge is -2.57. The first-order valence-corrected chi connectivity index (χ1v) is 18.7. The van der Waals surface area contributed by atoms with Crippen LogP contribution < -0.4 is 9.80 Å². The molecule has 0 unspecified atom stereocenters. The molecule has 8 heterocycles. The second-order valence-corrected chi connectivity index (χ2v) is 16.7. The van der Waals surface area contributed by atoms with Crippen LogP contribution >= 0.6 is 0 Å². The molecule has 0 aromatic heterocycles. The van der Waals surface area contributed by atoms with E-state index in [1.54, 1.807) is 0 Å². The molecule has 0 radical (unpaired) electrons. The Bertz CT molecular complexity index is 2030. The highest BCUT2D eigenvalue weighted by Crippen LogP contribution is 2.68. The molecule has 1 N–H and O–H groups in total. The number of para-hydroxylation sites is 2. The Balaban J connectivity index is 1.07. The van der Waals surface area contributed by atoms with Gasteiger partial charge in [-0.25, -0.2) is 0 Å². The maximum Gasteiger partial charge on any atom is 0.255 e. The van der Waals surface area contributed by atoms with Crippen molar-refractivity contribution in [3.05, 3.63) is 107 Å². The molecule has 2 saturated carbocycles. The van der Waals surface area contributed by atoms with Crippen molar-refractivity contribution < 1.29 is 14.7 Å². The van der Waals surface area contributed by atoms with Crippen molar-refractivity contribution in [2.24, 2.45) is 23.7 Å². The van der Waals surface area contributed by atoms with Gasteiger partial charge in [-0.15, -0.1) is 0 Å². The summed E-state index contributed by atoms with van der Waals surface area (Å²) in [7, 11) is 0. The van der Waals surface area contributed by atoms with Gasteiger partial charge < -0.3 is 14.9 Å². The Labute approximate surface area is 287 Å². The number of amides is 2. The maximum absolute atomic E-state index is 15.5. The van der Waals surface area contributed by atoms with Crippen molar-refractivity contribution in [3.8, 4) is 0 Å². The summed E-state index contributed by atoms with van der Waals surface area (Å²) in [6, 6.07) is 18.3. The Morgan fingerprint density at radius 1 is 0.857 bits per heavy atom. The summed E-state index contributed by atoms with van der Waals surface area (Å²) < 4.78 is 0. The summed E-state index contributed by atoms with van der Waals surface area (Å²) in [6.45, 7) is 5.08. The highest BCUT2D eigenvalue weighted by Gasteiger charge is 2.73. The van der Waals surface area contributed by atoms with E-state index in [4.69, 9.17) is 0 Å². The molecule has 2 aromatic rings. The Kier molecular flexibility index (Phi) is 5.20. The van der Waals surface area contributed by atoms with E-state index in [0.717, 1.165) is 62.3 Å². The van der Waals surface area contributed by atoms with Crippen molar-refractivity contribution in [1.29, 1.82) is 0 Å². The van der Waals surface area contributed by atoms with Gasteiger partial charge in [-0.3, -0.25) is 19.4 Å². The zero-order chi connectivity index (χ0) is 32.6. The Hall–Kier alpha value is -3.78. The number of carbonyl (C=O) groups is 2. The monoisotopic (exact) mass is 650 g/mol. The number of nitrogens with zero attached hydrogens (tertiary/aromatic N) is 4. The predicted molar refractivity (Wildman–Crippen MR) is 187 cm³/mol. The van der Waals surface area contributed by atoms with Crippen molar-refractivity contribution >= 4 is 23.2 Å². The van der Waals surface area contributed by atoms with Crippen LogP contribution in [0.5, 0.6) is 0 Å². The third-order valence-corrected chi connectivity index (χ3v) is 15.7. The minimum absolute atomic E-state index is 0.0301. The predicted octanol–water partition coefficient (Wildman–Crippen LogP) is 4.48. The lowest BCUT2D eigenvalue weighted by atomic mass is 9.54. The number of aliphatic hydroxyl groups excluding tert-OH is 1. The minimum Gasteiger partial charge on any atom is -0.392 e. The van der Waals surface area contributed by atoms with Crippen LogP contribution in [0.2, 0.25) is 0 Å². The zero-order valence-corrected chi connectivity index (χ0v) is 27.9. The van der Waals surface area contributed by atoms with Crippen molar-refractivity contribution in [3.63, 3.8) is 0 Å². The van der Waals surface area contributed by atoms with Crippen LogP contribution in [0.15, 0.2) is 95.6 Å². The lowest BCUT2D eigenvalue weighted by molar-refractivity contribution is -0.118. The molecule has 8 aliphatic heterocycles. The van der Waals surface area contributed by atoms with Gasteiger partial charge in [0.15, 0.2) is 0 Å². The number of aliphatic hydroxyl groups is 1. The third-order valence-electron chi connectivity index (χ3n) is 15.7. The van der Waals surface area contributed by atoms with E-state index >= 15 is 4.79 Å². The standard InChI is InChI=1S/C42H42N4O3/c1-2-23-22-44-34(20-42-31-8-4-5-9-32(31)45-37(48)12-11-25(38(42)45)26(23)19-36(42)44)29-17-28-27-18-35-41(14-15-43(35)21-24(27)13-16-47)30-7-3-6-10-33(30)46(39(28)41)40(29)49/h2-13,17,25-28,34-36,38-39,47H,14-16,18-22H2,1H3/b23-2-,24-13+/t25-,26-,27-,28-,34+,35-,36-,38-,39-,41+,42+/m0/s1. The topological polar surface area (TPSA) is 67.3 Å². The molecule has 7 heteroatoms. The molecule has 4 bridgehead atoms. The maximum atomic E-state index is 15.5. The van der Waals surface area contributed by atoms with Gasteiger partial charge in [0.25, 0.3) is 11.8 Å². The fourth-order valence-electron chi connectivity index (χ4n) is 14.2.